The SMILES string of the molecule is CCC(Oc1ccc(OC)cc1)C(=O)NCCOc1ccc(OC)cc1. The topological polar surface area (TPSA) is 66.0 Å². The molecule has 140 valence electrons. The molecule has 0 bridgehead atoms. The lowest BCUT2D eigenvalue weighted by Gasteiger charge is -2.17. The summed E-state index contributed by atoms with van der Waals surface area (Å²) in [6.45, 7) is 2.67. The molecule has 0 spiro atoms. The van der Waals surface area contributed by atoms with Gasteiger partial charge in [0.15, 0.2) is 6.10 Å². The molecule has 1 amide bonds. The van der Waals surface area contributed by atoms with Crippen molar-refractivity contribution in [1.82, 2.24) is 5.32 Å². The molecule has 0 saturated heterocycles. The van der Waals surface area contributed by atoms with Crippen molar-refractivity contribution in [3.05, 3.63) is 48.5 Å². The maximum Gasteiger partial charge on any atom is 0.261 e. The standard InChI is InChI=1S/C20H25NO5/c1-4-19(26-18-11-7-16(24-3)8-12-18)20(22)21-13-14-25-17-9-5-15(23-2)6-10-17/h5-12,19H,4,13-14H2,1-3H3,(H,21,22). The molecule has 0 heterocycles. The predicted octanol–water partition coefficient (Wildman–Crippen LogP) is 3.06. The minimum Gasteiger partial charge on any atom is -0.497 e. The van der Waals surface area contributed by atoms with Crippen LogP contribution in [-0.4, -0.2) is 39.4 Å². The summed E-state index contributed by atoms with van der Waals surface area (Å²) in [6.07, 6.45) is 0.0152. The van der Waals surface area contributed by atoms with Crippen LogP contribution < -0.4 is 24.3 Å². The summed E-state index contributed by atoms with van der Waals surface area (Å²) in [5.74, 6) is 2.70. The molecular formula is C20H25NO5. The molecule has 0 radical (unpaired) electrons. The Labute approximate surface area is 154 Å². The van der Waals surface area contributed by atoms with Crippen molar-refractivity contribution in [2.75, 3.05) is 27.4 Å². The van der Waals surface area contributed by atoms with Gasteiger partial charge in [0.1, 0.15) is 29.6 Å². The number of methoxy groups -OCH3 is 2. The molecule has 1 atom stereocenters. The van der Waals surface area contributed by atoms with E-state index in [1.165, 1.54) is 0 Å². The van der Waals surface area contributed by atoms with Gasteiger partial charge in [0.05, 0.1) is 20.8 Å². The van der Waals surface area contributed by atoms with Crippen LogP contribution in [0.15, 0.2) is 48.5 Å². The molecule has 2 aromatic rings. The van der Waals surface area contributed by atoms with Gasteiger partial charge >= 0.3 is 0 Å². The van der Waals surface area contributed by atoms with Crippen molar-refractivity contribution in [1.29, 1.82) is 0 Å². The normalized spacial score (nSPS) is 11.3. The fraction of sp³-hybridized carbons (Fsp3) is 0.350. The van der Waals surface area contributed by atoms with Gasteiger partial charge in [-0.05, 0) is 55.0 Å². The minimum absolute atomic E-state index is 0.165. The van der Waals surface area contributed by atoms with Gasteiger partial charge in [-0.2, -0.15) is 0 Å². The number of carbonyl (C=O) groups excluding carboxylic acids is 1. The molecule has 0 aliphatic carbocycles. The number of benzene rings is 2. The molecule has 0 aliphatic heterocycles. The molecule has 26 heavy (non-hydrogen) atoms. The third-order valence-electron chi connectivity index (χ3n) is 3.73. The van der Waals surface area contributed by atoms with Crippen LogP contribution in [0.4, 0.5) is 0 Å². The molecule has 6 heteroatoms. The Bertz CT molecular complexity index is 670. The van der Waals surface area contributed by atoms with Crippen LogP contribution in [0.3, 0.4) is 0 Å². The number of amides is 1. The van der Waals surface area contributed by atoms with E-state index in [1.54, 1.807) is 38.5 Å². The smallest absolute Gasteiger partial charge is 0.261 e. The van der Waals surface area contributed by atoms with E-state index >= 15 is 0 Å². The molecule has 0 fully saturated rings. The van der Waals surface area contributed by atoms with E-state index in [0.717, 1.165) is 17.2 Å². The van der Waals surface area contributed by atoms with Gasteiger partial charge in [-0.25, -0.2) is 0 Å². The van der Waals surface area contributed by atoms with Crippen LogP contribution in [0.25, 0.3) is 0 Å². The summed E-state index contributed by atoms with van der Waals surface area (Å²) >= 11 is 0. The summed E-state index contributed by atoms with van der Waals surface area (Å²) < 4.78 is 21.5. The van der Waals surface area contributed by atoms with E-state index in [-0.39, 0.29) is 5.91 Å². The van der Waals surface area contributed by atoms with E-state index in [0.29, 0.717) is 25.3 Å². The maximum atomic E-state index is 12.3. The molecule has 2 aromatic carbocycles. The zero-order valence-corrected chi connectivity index (χ0v) is 15.4. The Morgan fingerprint density at radius 2 is 1.38 bits per heavy atom. The molecule has 0 aliphatic rings. The van der Waals surface area contributed by atoms with E-state index < -0.39 is 6.10 Å². The Hall–Kier alpha value is -2.89. The summed E-state index contributed by atoms with van der Waals surface area (Å²) in [5.41, 5.74) is 0. The molecule has 1 unspecified atom stereocenters. The van der Waals surface area contributed by atoms with Gasteiger partial charge in [-0.15, -0.1) is 0 Å². The van der Waals surface area contributed by atoms with E-state index in [4.69, 9.17) is 18.9 Å². The van der Waals surface area contributed by atoms with E-state index in [9.17, 15) is 4.79 Å². The Kier molecular flexibility index (Phi) is 7.61. The minimum atomic E-state index is -0.551. The second-order valence-electron chi connectivity index (χ2n) is 5.51. The highest BCUT2D eigenvalue weighted by Gasteiger charge is 2.17. The summed E-state index contributed by atoms with van der Waals surface area (Å²) in [4.78, 5) is 12.3. The summed E-state index contributed by atoms with van der Waals surface area (Å²) in [7, 11) is 3.22. The van der Waals surface area contributed by atoms with Gasteiger partial charge < -0.3 is 24.3 Å². The third-order valence-corrected chi connectivity index (χ3v) is 3.73. The molecule has 2 rings (SSSR count). The van der Waals surface area contributed by atoms with Crippen LogP contribution in [0.1, 0.15) is 13.3 Å². The number of hydrogen-bond acceptors (Lipinski definition) is 5. The monoisotopic (exact) mass is 359 g/mol. The van der Waals surface area contributed by atoms with Crippen LogP contribution in [-0.2, 0) is 4.79 Å². The Morgan fingerprint density at radius 1 is 0.885 bits per heavy atom. The first kappa shape index (κ1) is 19.4. The lowest BCUT2D eigenvalue weighted by atomic mass is 10.2. The van der Waals surface area contributed by atoms with Gasteiger partial charge in [0.25, 0.3) is 5.91 Å². The second kappa shape index (κ2) is 10.2. The second-order valence-corrected chi connectivity index (χ2v) is 5.51. The van der Waals surface area contributed by atoms with Crippen molar-refractivity contribution in [3.8, 4) is 23.0 Å². The van der Waals surface area contributed by atoms with Crippen LogP contribution in [0, 0.1) is 0 Å². The van der Waals surface area contributed by atoms with Gasteiger partial charge in [0, 0.05) is 0 Å². The third kappa shape index (κ3) is 5.88. The van der Waals surface area contributed by atoms with E-state index in [2.05, 4.69) is 5.32 Å². The van der Waals surface area contributed by atoms with Crippen molar-refractivity contribution >= 4 is 5.91 Å². The number of carbonyl (C=O) groups is 1. The first-order valence-electron chi connectivity index (χ1n) is 8.51. The van der Waals surface area contributed by atoms with Crippen LogP contribution >= 0.6 is 0 Å². The Morgan fingerprint density at radius 3 is 1.88 bits per heavy atom. The molecule has 0 saturated carbocycles. The highest BCUT2D eigenvalue weighted by molar-refractivity contribution is 5.81. The fourth-order valence-corrected chi connectivity index (χ4v) is 2.27. The number of hydrogen-bond donors (Lipinski definition) is 1. The average Bonchev–Trinajstić information content (AvgIpc) is 2.70. The number of nitrogens with one attached hydrogen (secondary N) is 1. The van der Waals surface area contributed by atoms with Gasteiger partial charge in [-0.3, -0.25) is 4.79 Å². The van der Waals surface area contributed by atoms with Crippen molar-refractivity contribution < 1.29 is 23.7 Å². The quantitative estimate of drug-likeness (QED) is 0.661. The summed E-state index contributed by atoms with van der Waals surface area (Å²) in [5, 5.41) is 2.83. The first-order chi connectivity index (χ1) is 12.7. The predicted molar refractivity (Wildman–Crippen MR) is 99.2 cm³/mol. The van der Waals surface area contributed by atoms with Gasteiger partial charge in [0.2, 0.25) is 0 Å². The lowest BCUT2D eigenvalue weighted by Crippen LogP contribution is -2.39. The van der Waals surface area contributed by atoms with Crippen molar-refractivity contribution in [2.24, 2.45) is 0 Å². The zero-order valence-electron chi connectivity index (χ0n) is 15.4. The zero-order chi connectivity index (χ0) is 18.8. The fourth-order valence-electron chi connectivity index (χ4n) is 2.27. The highest BCUT2D eigenvalue weighted by atomic mass is 16.5. The van der Waals surface area contributed by atoms with Crippen LogP contribution in [0.5, 0.6) is 23.0 Å². The van der Waals surface area contributed by atoms with Gasteiger partial charge in [-0.1, -0.05) is 6.92 Å². The van der Waals surface area contributed by atoms with Crippen LogP contribution in [0.2, 0.25) is 0 Å². The first-order valence-corrected chi connectivity index (χ1v) is 8.51. The molecule has 0 aromatic heterocycles. The van der Waals surface area contributed by atoms with Crippen molar-refractivity contribution in [2.45, 2.75) is 19.4 Å². The molecule has 1 N–H and O–H groups in total. The Balaban J connectivity index is 1.75. The average molecular weight is 359 g/mol. The largest absolute Gasteiger partial charge is 0.497 e. The number of rotatable bonds is 10. The van der Waals surface area contributed by atoms with Crippen molar-refractivity contribution in [3.63, 3.8) is 0 Å². The molecular weight excluding hydrogens is 334 g/mol. The molecule has 6 nitrogen and oxygen atoms in total. The number of ether oxygens (including phenoxy) is 4. The van der Waals surface area contributed by atoms with E-state index in [1.807, 2.05) is 31.2 Å². The summed E-state index contributed by atoms with van der Waals surface area (Å²) in [6, 6.07) is 14.4. The maximum absolute atomic E-state index is 12.3. The lowest BCUT2D eigenvalue weighted by molar-refractivity contribution is -0.128. The highest BCUT2D eigenvalue weighted by Crippen LogP contribution is 2.19.